The number of fused-ring (bicyclic) bond motifs is 2. The Morgan fingerprint density at radius 1 is 1.27 bits per heavy atom. The number of benzene rings is 1. The Hall–Kier alpha value is -2.57. The number of aliphatic hydroxyl groups excluding tert-OH is 1. The molecule has 2 heterocycles. The average molecular weight is 351 g/mol. The van der Waals surface area contributed by atoms with Gasteiger partial charge in [-0.2, -0.15) is 5.10 Å². The normalized spacial score (nSPS) is 17.8. The highest BCUT2D eigenvalue weighted by atomic mass is 16.5. The third kappa shape index (κ3) is 3.38. The van der Waals surface area contributed by atoms with Crippen LogP contribution in [-0.2, 0) is 17.7 Å². The van der Waals surface area contributed by atoms with Crippen molar-refractivity contribution in [2.45, 2.75) is 38.0 Å². The summed E-state index contributed by atoms with van der Waals surface area (Å²) in [5, 5.41) is 14.9. The molecular formula is C20H21N3O3. The largest absolute Gasteiger partial charge is 0.389 e. The lowest BCUT2D eigenvalue weighted by molar-refractivity contribution is -0.0239. The topological polar surface area (TPSA) is 77.2 Å². The van der Waals surface area contributed by atoms with Crippen LogP contribution >= 0.6 is 0 Å². The molecule has 1 aliphatic rings. The lowest BCUT2D eigenvalue weighted by Crippen LogP contribution is -2.31. The maximum absolute atomic E-state index is 12.4. The molecule has 1 aliphatic carbocycles. The number of aromatic nitrogens is 3. The van der Waals surface area contributed by atoms with Crippen molar-refractivity contribution in [3.63, 3.8) is 0 Å². The third-order valence-electron chi connectivity index (χ3n) is 4.81. The van der Waals surface area contributed by atoms with Crippen molar-refractivity contribution in [2.24, 2.45) is 0 Å². The molecule has 0 unspecified atom stereocenters. The van der Waals surface area contributed by atoms with Crippen LogP contribution in [0, 0.1) is 0 Å². The molecule has 6 heteroatoms. The maximum Gasteiger partial charge on any atom is 0.276 e. The second-order valence-corrected chi connectivity index (χ2v) is 6.63. The first-order valence-electron chi connectivity index (χ1n) is 8.90. The summed E-state index contributed by atoms with van der Waals surface area (Å²) in [7, 11) is 0. The first-order valence-corrected chi connectivity index (χ1v) is 8.90. The lowest BCUT2D eigenvalue weighted by Gasteiger charge is -2.26. The van der Waals surface area contributed by atoms with Crippen molar-refractivity contribution >= 4 is 10.9 Å². The molecule has 0 saturated carbocycles. The Balaban J connectivity index is 1.43. The number of ether oxygens (including phenoxy) is 1. The van der Waals surface area contributed by atoms with Crippen molar-refractivity contribution in [1.82, 2.24) is 14.8 Å². The van der Waals surface area contributed by atoms with Crippen LogP contribution in [0.1, 0.15) is 30.1 Å². The van der Waals surface area contributed by atoms with Crippen LogP contribution in [0.3, 0.4) is 0 Å². The van der Waals surface area contributed by atoms with Gasteiger partial charge in [-0.1, -0.05) is 24.3 Å². The van der Waals surface area contributed by atoms with E-state index in [1.54, 1.807) is 24.5 Å². The van der Waals surface area contributed by atoms with Gasteiger partial charge in [0.15, 0.2) is 0 Å². The maximum atomic E-state index is 12.4. The van der Waals surface area contributed by atoms with E-state index in [9.17, 15) is 9.90 Å². The SMILES string of the molecule is O=c1c2cccnc2cnn1C[C@H](O)CO[C@@H]1CCCc2ccccc21. The van der Waals surface area contributed by atoms with Gasteiger partial charge in [-0.15, -0.1) is 0 Å². The number of rotatable bonds is 5. The van der Waals surface area contributed by atoms with Gasteiger partial charge in [0, 0.05) is 6.20 Å². The van der Waals surface area contributed by atoms with Gasteiger partial charge in [-0.25, -0.2) is 4.68 Å². The number of nitrogens with zero attached hydrogens (tertiary/aromatic N) is 3. The summed E-state index contributed by atoms with van der Waals surface area (Å²) in [4.78, 5) is 16.6. The molecule has 0 fully saturated rings. The minimum atomic E-state index is -0.802. The minimum absolute atomic E-state index is 0.0000784. The van der Waals surface area contributed by atoms with Crippen LogP contribution in [0.4, 0.5) is 0 Å². The summed E-state index contributed by atoms with van der Waals surface area (Å²) >= 11 is 0. The molecule has 2 atom stereocenters. The molecule has 0 aliphatic heterocycles. The van der Waals surface area contributed by atoms with E-state index < -0.39 is 6.10 Å². The number of aryl methyl sites for hydroxylation is 1. The highest BCUT2D eigenvalue weighted by Crippen LogP contribution is 2.32. The van der Waals surface area contributed by atoms with Crippen LogP contribution in [0.25, 0.3) is 10.9 Å². The van der Waals surface area contributed by atoms with E-state index in [-0.39, 0.29) is 24.8 Å². The van der Waals surface area contributed by atoms with Crippen molar-refractivity contribution in [1.29, 1.82) is 0 Å². The molecule has 0 saturated heterocycles. The van der Waals surface area contributed by atoms with Gasteiger partial charge < -0.3 is 9.84 Å². The molecule has 134 valence electrons. The first-order chi connectivity index (χ1) is 12.7. The quantitative estimate of drug-likeness (QED) is 0.763. The molecule has 1 aromatic carbocycles. The van der Waals surface area contributed by atoms with Crippen LogP contribution in [0.2, 0.25) is 0 Å². The fourth-order valence-corrected chi connectivity index (χ4v) is 3.51. The third-order valence-corrected chi connectivity index (χ3v) is 4.81. The van der Waals surface area contributed by atoms with Gasteiger partial charge in [-0.3, -0.25) is 9.78 Å². The molecule has 1 N–H and O–H groups in total. The van der Waals surface area contributed by atoms with Crippen LogP contribution in [0.15, 0.2) is 53.6 Å². The summed E-state index contributed by atoms with van der Waals surface area (Å²) in [5.74, 6) is 0. The monoisotopic (exact) mass is 351 g/mol. The van der Waals surface area contributed by atoms with Crippen molar-refractivity contribution in [3.8, 4) is 0 Å². The standard InChI is InChI=1S/C20H21N3O3/c24-15(12-23-20(25)17-8-4-10-21-18(17)11-22-23)13-26-19-9-3-6-14-5-1-2-7-16(14)19/h1-2,4-5,7-8,10-11,15,19,24H,3,6,9,12-13H2/t15-,19+/m0/s1. The van der Waals surface area contributed by atoms with Crippen LogP contribution in [-0.4, -0.2) is 32.6 Å². The molecule has 6 nitrogen and oxygen atoms in total. The minimum Gasteiger partial charge on any atom is -0.389 e. The zero-order valence-corrected chi connectivity index (χ0v) is 14.4. The van der Waals surface area contributed by atoms with Gasteiger partial charge in [0.05, 0.1) is 42.5 Å². The van der Waals surface area contributed by atoms with E-state index >= 15 is 0 Å². The van der Waals surface area contributed by atoms with Crippen LogP contribution < -0.4 is 5.56 Å². The summed E-state index contributed by atoms with van der Waals surface area (Å²) in [6.07, 6.45) is 5.46. The summed E-state index contributed by atoms with van der Waals surface area (Å²) in [5.41, 5.74) is 2.83. The predicted octanol–water partition coefficient (Wildman–Crippen LogP) is 2.25. The highest BCUT2D eigenvalue weighted by molar-refractivity contribution is 5.75. The number of aliphatic hydroxyl groups is 1. The summed E-state index contributed by atoms with van der Waals surface area (Å²) in [6.45, 7) is 0.260. The second kappa shape index (κ2) is 7.35. The summed E-state index contributed by atoms with van der Waals surface area (Å²) < 4.78 is 7.24. The van der Waals surface area contributed by atoms with E-state index in [1.165, 1.54) is 15.8 Å². The fraction of sp³-hybridized carbons (Fsp3) is 0.350. The Morgan fingerprint density at radius 2 is 2.15 bits per heavy atom. The number of pyridine rings is 1. The van der Waals surface area contributed by atoms with Crippen molar-refractivity contribution < 1.29 is 9.84 Å². The van der Waals surface area contributed by atoms with Gasteiger partial charge in [-0.05, 0) is 42.5 Å². The molecule has 4 rings (SSSR count). The molecule has 0 radical (unpaired) electrons. The first kappa shape index (κ1) is 16.9. The molecule has 26 heavy (non-hydrogen) atoms. The molecular weight excluding hydrogens is 330 g/mol. The number of hydrogen-bond donors (Lipinski definition) is 1. The van der Waals surface area contributed by atoms with Gasteiger partial charge >= 0.3 is 0 Å². The fourth-order valence-electron chi connectivity index (χ4n) is 3.51. The van der Waals surface area contributed by atoms with E-state index in [1.807, 2.05) is 12.1 Å². The Morgan fingerprint density at radius 3 is 3.08 bits per heavy atom. The van der Waals surface area contributed by atoms with Gasteiger partial charge in [0.2, 0.25) is 0 Å². The molecule has 0 bridgehead atoms. The number of hydrogen-bond acceptors (Lipinski definition) is 5. The van der Waals surface area contributed by atoms with E-state index in [0.29, 0.717) is 10.9 Å². The van der Waals surface area contributed by atoms with Gasteiger partial charge in [0.25, 0.3) is 5.56 Å². The Bertz CT molecular complexity index is 970. The Kier molecular flexibility index (Phi) is 4.77. The predicted molar refractivity (Wildman–Crippen MR) is 97.9 cm³/mol. The van der Waals surface area contributed by atoms with Crippen LogP contribution in [0.5, 0.6) is 0 Å². The molecule has 0 spiro atoms. The average Bonchev–Trinajstić information content (AvgIpc) is 2.69. The smallest absolute Gasteiger partial charge is 0.276 e. The zero-order valence-electron chi connectivity index (χ0n) is 14.4. The van der Waals surface area contributed by atoms with E-state index in [2.05, 4.69) is 22.2 Å². The van der Waals surface area contributed by atoms with Crippen molar-refractivity contribution in [3.05, 3.63) is 70.3 Å². The van der Waals surface area contributed by atoms with E-state index in [4.69, 9.17) is 4.74 Å². The summed E-state index contributed by atoms with van der Waals surface area (Å²) in [6, 6.07) is 11.7. The molecule has 0 amide bonds. The van der Waals surface area contributed by atoms with E-state index in [0.717, 1.165) is 19.3 Å². The zero-order chi connectivity index (χ0) is 17.9. The lowest BCUT2D eigenvalue weighted by atomic mass is 9.89. The highest BCUT2D eigenvalue weighted by Gasteiger charge is 2.21. The molecule has 3 aromatic rings. The van der Waals surface area contributed by atoms with Crippen molar-refractivity contribution in [2.75, 3.05) is 6.61 Å². The molecule has 2 aromatic heterocycles. The van der Waals surface area contributed by atoms with Gasteiger partial charge in [0.1, 0.15) is 0 Å². The second-order valence-electron chi connectivity index (χ2n) is 6.63. The Labute approximate surface area is 151 Å².